The maximum absolute atomic E-state index is 13.6. The Bertz CT molecular complexity index is 511. The number of aliphatic carboxylic acids is 1. The fraction of sp³-hybridized carbons (Fsp3) is 0.385. The summed E-state index contributed by atoms with van der Waals surface area (Å²) in [7, 11) is 0. The van der Waals surface area contributed by atoms with Crippen LogP contribution in [0.1, 0.15) is 31.1 Å². The molecule has 1 atom stereocenters. The molecule has 1 amide bonds. The van der Waals surface area contributed by atoms with Gasteiger partial charge in [0.25, 0.3) is 5.91 Å². The molecule has 0 aliphatic carbocycles. The van der Waals surface area contributed by atoms with Crippen LogP contribution in [0.25, 0.3) is 0 Å². The molecule has 0 heterocycles. The van der Waals surface area contributed by atoms with Gasteiger partial charge in [-0.1, -0.05) is 36.7 Å². The maximum Gasteiger partial charge on any atom is 0.326 e. The summed E-state index contributed by atoms with van der Waals surface area (Å²) >= 11 is 3.09. The van der Waals surface area contributed by atoms with Crippen LogP contribution in [-0.4, -0.2) is 23.0 Å². The van der Waals surface area contributed by atoms with Gasteiger partial charge in [-0.25, -0.2) is 9.18 Å². The molecule has 2 N–H and O–H groups in total. The van der Waals surface area contributed by atoms with Crippen molar-refractivity contribution in [3.63, 3.8) is 0 Å². The fourth-order valence-electron chi connectivity index (χ4n) is 1.53. The molecule has 0 bridgehead atoms. The summed E-state index contributed by atoms with van der Waals surface area (Å²) in [6.07, 6.45) is 0. The molecule has 4 nitrogen and oxygen atoms in total. The Morgan fingerprint density at radius 1 is 1.37 bits per heavy atom. The molecule has 104 valence electrons. The van der Waals surface area contributed by atoms with Crippen molar-refractivity contribution in [2.75, 3.05) is 0 Å². The molecule has 0 radical (unpaired) electrons. The first-order valence-corrected chi connectivity index (χ1v) is 6.41. The second kappa shape index (κ2) is 5.69. The Labute approximate surface area is 119 Å². The minimum absolute atomic E-state index is 0.182. The predicted molar refractivity (Wildman–Crippen MR) is 72.4 cm³/mol. The smallest absolute Gasteiger partial charge is 0.326 e. The van der Waals surface area contributed by atoms with Crippen LogP contribution >= 0.6 is 15.9 Å². The van der Waals surface area contributed by atoms with Crippen LogP contribution in [0.4, 0.5) is 4.39 Å². The molecule has 0 spiro atoms. The normalized spacial score (nSPS) is 12.9. The molecular weight excluding hydrogens is 317 g/mol. The van der Waals surface area contributed by atoms with E-state index in [1.54, 1.807) is 20.8 Å². The first-order chi connectivity index (χ1) is 8.62. The van der Waals surface area contributed by atoms with Crippen LogP contribution in [-0.2, 0) is 4.79 Å². The lowest BCUT2D eigenvalue weighted by Gasteiger charge is -2.27. The van der Waals surface area contributed by atoms with E-state index in [1.165, 1.54) is 12.1 Å². The largest absolute Gasteiger partial charge is 0.480 e. The number of halogens is 2. The van der Waals surface area contributed by atoms with Crippen LogP contribution in [0.15, 0.2) is 22.7 Å². The molecule has 1 aromatic rings. The molecule has 0 saturated carbocycles. The van der Waals surface area contributed by atoms with Gasteiger partial charge in [0.05, 0.1) is 5.56 Å². The molecule has 0 saturated heterocycles. The Kier molecular flexibility index (Phi) is 4.68. The summed E-state index contributed by atoms with van der Waals surface area (Å²) in [6.45, 7) is 5.05. The minimum atomic E-state index is -1.15. The summed E-state index contributed by atoms with van der Waals surface area (Å²) in [6, 6.07) is 2.88. The number of carboxylic acid groups (broad SMARTS) is 1. The second-order valence-electron chi connectivity index (χ2n) is 5.23. The lowest BCUT2D eigenvalue weighted by atomic mass is 9.86. The number of carbonyl (C=O) groups excluding carboxylic acids is 1. The number of carbonyl (C=O) groups is 2. The van der Waals surface area contributed by atoms with Gasteiger partial charge in [-0.05, 0) is 23.6 Å². The van der Waals surface area contributed by atoms with Gasteiger partial charge in [0.1, 0.15) is 11.9 Å². The van der Waals surface area contributed by atoms with Crippen molar-refractivity contribution in [1.29, 1.82) is 0 Å². The van der Waals surface area contributed by atoms with Gasteiger partial charge < -0.3 is 10.4 Å². The van der Waals surface area contributed by atoms with Crippen molar-refractivity contribution >= 4 is 27.8 Å². The van der Waals surface area contributed by atoms with E-state index in [9.17, 15) is 14.0 Å². The average Bonchev–Trinajstić information content (AvgIpc) is 2.23. The van der Waals surface area contributed by atoms with Crippen molar-refractivity contribution in [3.05, 3.63) is 34.1 Å². The van der Waals surface area contributed by atoms with Crippen LogP contribution in [0, 0.1) is 11.2 Å². The van der Waals surface area contributed by atoms with Gasteiger partial charge in [-0.15, -0.1) is 0 Å². The van der Waals surface area contributed by atoms with Crippen molar-refractivity contribution < 1.29 is 19.1 Å². The number of carboxylic acids is 1. The standard InChI is InChI=1S/C13H15BrFNO3/c1-13(2,3)10(12(18)19)16-11(17)8-5-4-7(14)6-9(8)15/h4-6,10H,1-3H3,(H,16,17)(H,18,19)/t10-/m1/s1. The fourth-order valence-corrected chi connectivity index (χ4v) is 1.86. The first kappa shape index (κ1) is 15.6. The van der Waals surface area contributed by atoms with Crippen molar-refractivity contribution in [2.45, 2.75) is 26.8 Å². The van der Waals surface area contributed by atoms with Gasteiger partial charge in [0.15, 0.2) is 0 Å². The number of nitrogens with one attached hydrogen (secondary N) is 1. The Morgan fingerprint density at radius 3 is 2.37 bits per heavy atom. The van der Waals surface area contributed by atoms with E-state index in [0.29, 0.717) is 4.47 Å². The molecular formula is C13H15BrFNO3. The Hall–Kier alpha value is -1.43. The highest BCUT2D eigenvalue weighted by atomic mass is 79.9. The highest BCUT2D eigenvalue weighted by molar-refractivity contribution is 9.10. The van der Waals surface area contributed by atoms with Gasteiger partial charge in [0.2, 0.25) is 0 Å². The molecule has 0 aliphatic heterocycles. The number of rotatable bonds is 3. The quantitative estimate of drug-likeness (QED) is 0.894. The second-order valence-corrected chi connectivity index (χ2v) is 6.15. The van der Waals surface area contributed by atoms with E-state index in [2.05, 4.69) is 21.2 Å². The highest BCUT2D eigenvalue weighted by Crippen LogP contribution is 2.21. The third-order valence-corrected chi connectivity index (χ3v) is 3.06. The summed E-state index contributed by atoms with van der Waals surface area (Å²) in [5, 5.41) is 11.4. The molecule has 19 heavy (non-hydrogen) atoms. The van der Waals surface area contributed by atoms with Gasteiger partial charge in [-0.3, -0.25) is 4.79 Å². The third kappa shape index (κ3) is 4.02. The van der Waals surface area contributed by atoms with E-state index in [-0.39, 0.29) is 5.56 Å². The Morgan fingerprint density at radius 2 is 1.95 bits per heavy atom. The molecule has 1 rings (SSSR count). The van der Waals surface area contributed by atoms with Gasteiger partial charge in [-0.2, -0.15) is 0 Å². The van der Waals surface area contributed by atoms with E-state index >= 15 is 0 Å². The van der Waals surface area contributed by atoms with E-state index in [0.717, 1.165) is 6.07 Å². The summed E-state index contributed by atoms with van der Waals surface area (Å²) in [4.78, 5) is 23.0. The topological polar surface area (TPSA) is 66.4 Å². The van der Waals surface area contributed by atoms with Crippen molar-refractivity contribution in [1.82, 2.24) is 5.32 Å². The van der Waals surface area contributed by atoms with Crippen LogP contribution in [0.2, 0.25) is 0 Å². The lowest BCUT2D eigenvalue weighted by molar-refractivity contribution is -0.142. The van der Waals surface area contributed by atoms with Crippen molar-refractivity contribution in [3.8, 4) is 0 Å². The number of hydrogen-bond donors (Lipinski definition) is 2. The van der Waals surface area contributed by atoms with E-state index in [1.807, 2.05) is 0 Å². The van der Waals surface area contributed by atoms with E-state index < -0.39 is 29.2 Å². The zero-order valence-corrected chi connectivity index (χ0v) is 12.4. The maximum atomic E-state index is 13.6. The molecule has 0 fully saturated rings. The number of hydrogen-bond acceptors (Lipinski definition) is 2. The Balaban J connectivity index is 2.98. The van der Waals surface area contributed by atoms with Gasteiger partial charge >= 0.3 is 5.97 Å². The van der Waals surface area contributed by atoms with Crippen LogP contribution in [0.5, 0.6) is 0 Å². The highest BCUT2D eigenvalue weighted by Gasteiger charge is 2.33. The first-order valence-electron chi connectivity index (χ1n) is 5.61. The molecule has 1 aromatic carbocycles. The monoisotopic (exact) mass is 331 g/mol. The zero-order chi connectivity index (χ0) is 14.8. The number of benzene rings is 1. The SMILES string of the molecule is CC(C)(C)[C@H](NC(=O)c1ccc(Br)cc1F)C(=O)O. The average molecular weight is 332 g/mol. The van der Waals surface area contributed by atoms with Crippen molar-refractivity contribution in [2.24, 2.45) is 5.41 Å². The van der Waals surface area contributed by atoms with Gasteiger partial charge in [0, 0.05) is 4.47 Å². The van der Waals surface area contributed by atoms with Crippen LogP contribution in [0.3, 0.4) is 0 Å². The van der Waals surface area contributed by atoms with Crippen LogP contribution < -0.4 is 5.32 Å². The predicted octanol–water partition coefficient (Wildman–Crippen LogP) is 2.82. The van der Waals surface area contributed by atoms with E-state index in [4.69, 9.17) is 5.11 Å². The molecule has 0 aliphatic rings. The zero-order valence-electron chi connectivity index (χ0n) is 10.8. The number of amides is 1. The minimum Gasteiger partial charge on any atom is -0.480 e. The molecule has 0 aromatic heterocycles. The molecule has 0 unspecified atom stereocenters. The summed E-state index contributed by atoms with van der Waals surface area (Å²) < 4.78 is 14.1. The molecule has 6 heteroatoms. The lowest BCUT2D eigenvalue weighted by Crippen LogP contribution is -2.49. The third-order valence-electron chi connectivity index (χ3n) is 2.56. The summed E-state index contributed by atoms with van der Waals surface area (Å²) in [5.74, 6) is -2.60. The summed E-state index contributed by atoms with van der Waals surface area (Å²) in [5.41, 5.74) is -0.855.